The van der Waals surface area contributed by atoms with Crippen LogP contribution in [0.5, 0.6) is 23.0 Å². The molecule has 222 valence electrons. The van der Waals surface area contributed by atoms with E-state index in [1.165, 1.54) is 44.0 Å². The third kappa shape index (κ3) is 3.68. The molecule has 0 saturated carbocycles. The van der Waals surface area contributed by atoms with Crippen molar-refractivity contribution in [2.75, 3.05) is 4.90 Å². The van der Waals surface area contributed by atoms with Crippen molar-refractivity contribution >= 4 is 51.1 Å². The Balaban J connectivity index is 1.23. The molecular formula is C42H29BN2O2. The first kappa shape index (κ1) is 26.4. The highest BCUT2D eigenvalue weighted by Crippen LogP contribution is 2.55. The maximum atomic E-state index is 6.74. The lowest BCUT2D eigenvalue weighted by Gasteiger charge is -2.33. The average Bonchev–Trinajstić information content (AvgIpc) is 3.33. The molecule has 0 spiro atoms. The van der Waals surface area contributed by atoms with Crippen LogP contribution in [-0.2, 0) is 5.41 Å². The summed E-state index contributed by atoms with van der Waals surface area (Å²) in [7, 11) is 0. The first-order valence-electron chi connectivity index (χ1n) is 16.2. The zero-order valence-electron chi connectivity index (χ0n) is 26.1. The van der Waals surface area contributed by atoms with Crippen LogP contribution in [0.25, 0.3) is 21.9 Å². The molecule has 47 heavy (non-hydrogen) atoms. The van der Waals surface area contributed by atoms with Crippen LogP contribution in [0.3, 0.4) is 0 Å². The summed E-state index contributed by atoms with van der Waals surface area (Å²) in [6.07, 6.45) is 1.86. The fourth-order valence-corrected chi connectivity index (χ4v) is 8.08. The van der Waals surface area contributed by atoms with Crippen molar-refractivity contribution in [3.05, 3.63) is 151 Å². The summed E-state index contributed by atoms with van der Waals surface area (Å²) < 4.78 is 13.1. The molecule has 10 rings (SSSR count). The SMILES string of the molecule is CC1(C)c2cc3c(cc2-c2c1cc(N(c1ccccc1)c1ccccn1)c1ccccc21)Oc1cccc2c1B3c1ccccc1O2. The smallest absolute Gasteiger partial charge is 0.260 e. The lowest BCUT2D eigenvalue weighted by Crippen LogP contribution is -2.57. The van der Waals surface area contributed by atoms with Crippen molar-refractivity contribution in [1.29, 1.82) is 0 Å². The van der Waals surface area contributed by atoms with Crippen LogP contribution in [0.15, 0.2) is 140 Å². The number of nitrogens with zero attached hydrogens (tertiary/aromatic N) is 2. The highest BCUT2D eigenvalue weighted by molar-refractivity contribution is 6.98. The summed E-state index contributed by atoms with van der Waals surface area (Å²) in [5, 5.41) is 2.40. The number of pyridine rings is 1. The Morgan fingerprint density at radius 2 is 1.30 bits per heavy atom. The summed E-state index contributed by atoms with van der Waals surface area (Å²) in [4.78, 5) is 7.11. The third-order valence-electron chi connectivity index (χ3n) is 10.2. The number of para-hydroxylation sites is 2. The molecule has 0 radical (unpaired) electrons. The summed E-state index contributed by atoms with van der Waals surface area (Å²) in [5.41, 5.74) is 10.5. The van der Waals surface area contributed by atoms with Gasteiger partial charge in [-0.2, -0.15) is 0 Å². The second-order valence-electron chi connectivity index (χ2n) is 13.1. The van der Waals surface area contributed by atoms with Gasteiger partial charge >= 0.3 is 0 Å². The van der Waals surface area contributed by atoms with E-state index in [-0.39, 0.29) is 12.1 Å². The number of hydrogen-bond acceptors (Lipinski definition) is 4. The first-order valence-corrected chi connectivity index (χ1v) is 16.2. The van der Waals surface area contributed by atoms with Crippen LogP contribution in [0, 0.1) is 0 Å². The van der Waals surface area contributed by atoms with Crippen molar-refractivity contribution in [2.24, 2.45) is 0 Å². The van der Waals surface area contributed by atoms with Crippen molar-refractivity contribution in [3.8, 4) is 34.1 Å². The molecule has 0 N–H and O–H groups in total. The molecule has 0 bridgehead atoms. The number of aromatic nitrogens is 1. The van der Waals surface area contributed by atoms with Gasteiger partial charge in [-0.15, -0.1) is 0 Å². The number of rotatable bonds is 3. The molecule has 7 aromatic rings. The van der Waals surface area contributed by atoms with Gasteiger partial charge in [0.05, 0.1) is 5.69 Å². The Bertz CT molecular complexity index is 2370. The fourth-order valence-electron chi connectivity index (χ4n) is 8.08. The van der Waals surface area contributed by atoms with Gasteiger partial charge in [-0.1, -0.05) is 92.7 Å². The zero-order chi connectivity index (χ0) is 31.3. The topological polar surface area (TPSA) is 34.6 Å². The van der Waals surface area contributed by atoms with Crippen LogP contribution in [-0.4, -0.2) is 11.7 Å². The molecule has 3 heterocycles. The van der Waals surface area contributed by atoms with Gasteiger partial charge in [-0.05, 0) is 93.2 Å². The third-order valence-corrected chi connectivity index (χ3v) is 10.2. The van der Waals surface area contributed by atoms with E-state index < -0.39 is 0 Å². The van der Waals surface area contributed by atoms with Gasteiger partial charge in [0.25, 0.3) is 6.71 Å². The van der Waals surface area contributed by atoms with Gasteiger partial charge in [-0.25, -0.2) is 4.98 Å². The minimum absolute atomic E-state index is 0.0322. The van der Waals surface area contributed by atoms with E-state index >= 15 is 0 Å². The van der Waals surface area contributed by atoms with Crippen LogP contribution in [0.2, 0.25) is 0 Å². The Hall–Kier alpha value is -5.81. The summed E-state index contributed by atoms with van der Waals surface area (Å²) >= 11 is 0. The predicted octanol–water partition coefficient (Wildman–Crippen LogP) is 8.74. The molecule has 5 heteroatoms. The molecule has 0 atom stereocenters. The van der Waals surface area contributed by atoms with E-state index in [9.17, 15) is 0 Å². The van der Waals surface area contributed by atoms with Crippen molar-refractivity contribution in [2.45, 2.75) is 19.3 Å². The number of anilines is 3. The van der Waals surface area contributed by atoms with Crippen molar-refractivity contribution < 1.29 is 9.47 Å². The van der Waals surface area contributed by atoms with Crippen LogP contribution in [0.4, 0.5) is 17.2 Å². The molecule has 0 unspecified atom stereocenters. The van der Waals surface area contributed by atoms with E-state index in [2.05, 4.69) is 134 Å². The number of benzene rings is 6. The lowest BCUT2D eigenvalue weighted by molar-refractivity contribution is 0.464. The van der Waals surface area contributed by atoms with Crippen molar-refractivity contribution in [3.63, 3.8) is 0 Å². The van der Waals surface area contributed by atoms with Gasteiger partial charge < -0.3 is 9.47 Å². The molecule has 1 aliphatic carbocycles. The average molecular weight is 605 g/mol. The Labute approximate surface area is 274 Å². The van der Waals surface area contributed by atoms with E-state index in [0.29, 0.717) is 0 Å². The molecule has 1 aromatic heterocycles. The van der Waals surface area contributed by atoms with Crippen LogP contribution < -0.4 is 30.8 Å². The maximum Gasteiger partial charge on any atom is 0.260 e. The minimum atomic E-state index is -0.268. The van der Waals surface area contributed by atoms with E-state index in [4.69, 9.17) is 14.5 Å². The summed E-state index contributed by atoms with van der Waals surface area (Å²) in [5.74, 6) is 4.43. The Morgan fingerprint density at radius 1 is 0.596 bits per heavy atom. The summed E-state index contributed by atoms with van der Waals surface area (Å²) in [6, 6.07) is 47.1. The summed E-state index contributed by atoms with van der Waals surface area (Å²) in [6.45, 7) is 4.75. The van der Waals surface area contributed by atoms with Crippen LogP contribution in [0.1, 0.15) is 25.0 Å². The molecule has 0 saturated heterocycles. The molecule has 0 amide bonds. The highest BCUT2D eigenvalue weighted by atomic mass is 16.5. The monoisotopic (exact) mass is 604 g/mol. The Morgan fingerprint density at radius 3 is 2.11 bits per heavy atom. The second-order valence-corrected chi connectivity index (χ2v) is 13.1. The maximum absolute atomic E-state index is 6.74. The highest BCUT2D eigenvalue weighted by Gasteiger charge is 2.44. The van der Waals surface area contributed by atoms with Gasteiger partial charge in [0.2, 0.25) is 0 Å². The molecule has 4 nitrogen and oxygen atoms in total. The predicted molar refractivity (Wildman–Crippen MR) is 192 cm³/mol. The zero-order valence-corrected chi connectivity index (χ0v) is 26.1. The first-order chi connectivity index (χ1) is 23.1. The standard InChI is InChI=1S/C42H29BN2O2/c1-42(2)30-24-33-38(47-37-20-12-19-36-41(37)43(33)32-17-8-9-18-35(32)46-36)23-29(30)40-28-16-7-6-15-27(28)34(25-31(40)42)45(26-13-4-3-5-14-26)39-21-10-11-22-44-39/h3-25H,1-2H3. The molecule has 0 fully saturated rings. The number of fused-ring (bicyclic) bond motifs is 9. The number of hydrogen-bond donors (Lipinski definition) is 0. The van der Waals surface area contributed by atoms with Gasteiger partial charge in [0.15, 0.2) is 0 Å². The second kappa shape index (κ2) is 9.60. The minimum Gasteiger partial charge on any atom is -0.458 e. The molecule has 6 aromatic carbocycles. The van der Waals surface area contributed by atoms with Gasteiger partial charge in [-0.3, -0.25) is 4.90 Å². The van der Waals surface area contributed by atoms with E-state index in [1.54, 1.807) is 0 Å². The normalized spacial score (nSPS) is 14.2. The molecule has 3 aliphatic rings. The quantitative estimate of drug-likeness (QED) is 0.189. The molecular weight excluding hydrogens is 575 g/mol. The van der Waals surface area contributed by atoms with Crippen LogP contribution >= 0.6 is 0 Å². The van der Waals surface area contributed by atoms with Crippen molar-refractivity contribution in [1.82, 2.24) is 4.98 Å². The van der Waals surface area contributed by atoms with E-state index in [0.717, 1.165) is 45.7 Å². The lowest BCUT2D eigenvalue weighted by atomic mass is 9.34. The number of ether oxygens (including phenoxy) is 2. The fraction of sp³-hybridized carbons (Fsp3) is 0.0714. The largest absolute Gasteiger partial charge is 0.458 e. The van der Waals surface area contributed by atoms with Gasteiger partial charge in [0, 0.05) is 28.1 Å². The molecule has 2 aliphatic heterocycles. The van der Waals surface area contributed by atoms with E-state index in [1.807, 2.05) is 24.4 Å². The van der Waals surface area contributed by atoms with Gasteiger partial charge in [0.1, 0.15) is 28.8 Å². The Kier molecular flexibility index (Phi) is 5.40.